The van der Waals surface area contributed by atoms with Gasteiger partial charge in [-0.05, 0) is 18.9 Å². The largest absolute Gasteiger partial charge is 0.473 e. The maximum absolute atomic E-state index is 8.79. The van der Waals surface area contributed by atoms with Crippen LogP contribution in [0, 0.1) is 11.3 Å². The molecule has 0 saturated carbocycles. The van der Waals surface area contributed by atoms with Crippen molar-refractivity contribution in [3.05, 3.63) is 36.5 Å². The third-order valence-corrected chi connectivity index (χ3v) is 4.35. The monoisotopic (exact) mass is 303 g/mol. The predicted octanol–water partition coefficient (Wildman–Crippen LogP) is 2.72. The summed E-state index contributed by atoms with van der Waals surface area (Å²) in [6, 6.07) is 5.58. The Hall–Kier alpha value is -1.51. The predicted molar refractivity (Wildman–Crippen MR) is 86.6 cm³/mol. The molecule has 2 rings (SSSR count). The molecule has 112 valence electrons. The van der Waals surface area contributed by atoms with Gasteiger partial charge < -0.3 is 4.74 Å². The Bertz CT molecular complexity index is 477. The molecule has 0 aliphatic carbocycles. The molecule has 1 unspecified atom stereocenters. The van der Waals surface area contributed by atoms with Crippen LogP contribution in [0.5, 0.6) is 5.88 Å². The third kappa shape index (κ3) is 5.41. The topological polar surface area (TPSA) is 49.1 Å². The molecular weight excluding hydrogens is 282 g/mol. The Labute approximate surface area is 130 Å². The van der Waals surface area contributed by atoms with Crippen LogP contribution >= 0.6 is 11.8 Å². The Morgan fingerprint density at radius 3 is 2.90 bits per heavy atom. The van der Waals surface area contributed by atoms with Crippen LogP contribution in [-0.2, 0) is 0 Å². The standard InChI is InChI=1S/C16H21N3OS/c1-2-3-4-15(13-19-7-9-21-10-8-19)20-16-6-5-14(11-17)12-18-16/h2,5-6,12,15H,1,3-4,7-10,13H2. The molecule has 0 radical (unpaired) electrons. The van der Waals surface area contributed by atoms with Gasteiger partial charge in [-0.2, -0.15) is 17.0 Å². The van der Waals surface area contributed by atoms with Gasteiger partial charge in [-0.3, -0.25) is 4.90 Å². The molecule has 1 aliphatic rings. The van der Waals surface area contributed by atoms with E-state index in [1.165, 1.54) is 11.5 Å². The molecule has 0 spiro atoms. The highest BCUT2D eigenvalue weighted by atomic mass is 32.2. The van der Waals surface area contributed by atoms with Gasteiger partial charge in [0, 0.05) is 43.4 Å². The van der Waals surface area contributed by atoms with Crippen LogP contribution in [-0.4, -0.2) is 47.1 Å². The molecule has 0 N–H and O–H groups in total. The smallest absolute Gasteiger partial charge is 0.213 e. The highest BCUT2D eigenvalue weighted by molar-refractivity contribution is 7.99. The van der Waals surface area contributed by atoms with Gasteiger partial charge in [0.05, 0.1) is 5.56 Å². The van der Waals surface area contributed by atoms with Gasteiger partial charge in [0.25, 0.3) is 0 Å². The second kappa shape index (κ2) is 8.71. The number of aromatic nitrogens is 1. The summed E-state index contributed by atoms with van der Waals surface area (Å²) in [6.45, 7) is 6.96. The molecule has 21 heavy (non-hydrogen) atoms. The van der Waals surface area contributed by atoms with E-state index in [4.69, 9.17) is 10.00 Å². The van der Waals surface area contributed by atoms with Crippen LogP contribution < -0.4 is 4.74 Å². The van der Waals surface area contributed by atoms with E-state index in [1.807, 2.05) is 17.8 Å². The second-order valence-electron chi connectivity index (χ2n) is 5.02. The van der Waals surface area contributed by atoms with Gasteiger partial charge in [-0.1, -0.05) is 6.08 Å². The first-order valence-corrected chi connectivity index (χ1v) is 8.41. The molecule has 0 bridgehead atoms. The van der Waals surface area contributed by atoms with E-state index in [0.29, 0.717) is 11.4 Å². The van der Waals surface area contributed by atoms with Crippen molar-refractivity contribution in [3.63, 3.8) is 0 Å². The minimum Gasteiger partial charge on any atom is -0.473 e. The Morgan fingerprint density at radius 2 is 2.29 bits per heavy atom. The number of rotatable bonds is 7. The molecule has 0 aromatic carbocycles. The quantitative estimate of drug-likeness (QED) is 0.725. The van der Waals surface area contributed by atoms with Gasteiger partial charge >= 0.3 is 0 Å². The van der Waals surface area contributed by atoms with Crippen LogP contribution in [0.15, 0.2) is 31.0 Å². The van der Waals surface area contributed by atoms with Crippen LogP contribution in [0.4, 0.5) is 0 Å². The normalized spacial score (nSPS) is 16.9. The van der Waals surface area contributed by atoms with Crippen molar-refractivity contribution in [2.24, 2.45) is 0 Å². The zero-order chi connectivity index (χ0) is 14.9. The van der Waals surface area contributed by atoms with Crippen LogP contribution in [0.25, 0.3) is 0 Å². The summed E-state index contributed by atoms with van der Waals surface area (Å²) in [6.07, 6.45) is 5.47. The molecule has 1 atom stereocenters. The molecule has 0 amide bonds. The SMILES string of the molecule is C=CCCC(CN1CCSCC1)Oc1ccc(C#N)cn1. The number of nitrogens with zero attached hydrogens (tertiary/aromatic N) is 3. The lowest BCUT2D eigenvalue weighted by atomic mass is 10.2. The molecular formula is C16H21N3OS. The first-order valence-electron chi connectivity index (χ1n) is 7.25. The molecule has 1 saturated heterocycles. The summed E-state index contributed by atoms with van der Waals surface area (Å²) in [5.41, 5.74) is 0.554. The van der Waals surface area contributed by atoms with Gasteiger partial charge in [0.2, 0.25) is 5.88 Å². The highest BCUT2D eigenvalue weighted by Crippen LogP contribution is 2.15. The molecule has 1 aromatic heterocycles. The van der Waals surface area contributed by atoms with Crippen LogP contribution in [0.1, 0.15) is 18.4 Å². The van der Waals surface area contributed by atoms with Crippen molar-refractivity contribution in [1.82, 2.24) is 9.88 Å². The molecule has 1 aromatic rings. The summed E-state index contributed by atoms with van der Waals surface area (Å²) >= 11 is 2.01. The number of nitriles is 1. The zero-order valence-electron chi connectivity index (χ0n) is 12.2. The summed E-state index contributed by atoms with van der Waals surface area (Å²) in [5.74, 6) is 2.99. The molecule has 2 heterocycles. The fourth-order valence-corrected chi connectivity index (χ4v) is 3.23. The second-order valence-corrected chi connectivity index (χ2v) is 6.24. The number of pyridine rings is 1. The van der Waals surface area contributed by atoms with Crippen molar-refractivity contribution in [1.29, 1.82) is 5.26 Å². The van der Waals surface area contributed by atoms with Crippen molar-refractivity contribution in [2.75, 3.05) is 31.1 Å². The molecule has 1 aliphatic heterocycles. The molecule has 5 heteroatoms. The van der Waals surface area contributed by atoms with Gasteiger partial charge in [-0.25, -0.2) is 4.98 Å². The average Bonchev–Trinajstić information content (AvgIpc) is 2.54. The van der Waals surface area contributed by atoms with E-state index >= 15 is 0 Å². The Balaban J connectivity index is 1.93. The van der Waals surface area contributed by atoms with Gasteiger partial charge in [-0.15, -0.1) is 6.58 Å². The van der Waals surface area contributed by atoms with Crippen LogP contribution in [0.2, 0.25) is 0 Å². The summed E-state index contributed by atoms with van der Waals surface area (Å²) in [7, 11) is 0. The number of hydrogen-bond acceptors (Lipinski definition) is 5. The molecule has 4 nitrogen and oxygen atoms in total. The lowest BCUT2D eigenvalue weighted by molar-refractivity contribution is 0.127. The van der Waals surface area contributed by atoms with E-state index in [1.54, 1.807) is 18.3 Å². The first kappa shape index (κ1) is 15.9. The maximum Gasteiger partial charge on any atom is 0.213 e. The minimum atomic E-state index is 0.117. The zero-order valence-corrected chi connectivity index (χ0v) is 13.0. The fraction of sp³-hybridized carbons (Fsp3) is 0.500. The summed E-state index contributed by atoms with van der Waals surface area (Å²) in [4.78, 5) is 6.65. The Morgan fingerprint density at radius 1 is 1.48 bits per heavy atom. The van der Waals surface area contributed by atoms with Crippen molar-refractivity contribution in [3.8, 4) is 11.9 Å². The maximum atomic E-state index is 8.79. The van der Waals surface area contributed by atoms with E-state index in [-0.39, 0.29) is 6.10 Å². The number of ether oxygens (including phenoxy) is 1. The number of allylic oxidation sites excluding steroid dienone is 1. The van der Waals surface area contributed by atoms with Crippen molar-refractivity contribution >= 4 is 11.8 Å². The van der Waals surface area contributed by atoms with E-state index in [2.05, 4.69) is 22.5 Å². The minimum absolute atomic E-state index is 0.117. The molecule has 1 fully saturated rings. The van der Waals surface area contributed by atoms with Gasteiger partial charge in [0.1, 0.15) is 12.2 Å². The number of hydrogen-bond donors (Lipinski definition) is 0. The van der Waals surface area contributed by atoms with E-state index in [9.17, 15) is 0 Å². The first-order chi connectivity index (χ1) is 10.3. The Kier molecular flexibility index (Phi) is 6.58. The summed E-state index contributed by atoms with van der Waals surface area (Å²) in [5, 5.41) is 8.79. The fourth-order valence-electron chi connectivity index (χ4n) is 2.25. The lowest BCUT2D eigenvalue weighted by Gasteiger charge is -2.30. The van der Waals surface area contributed by atoms with Gasteiger partial charge in [0.15, 0.2) is 0 Å². The average molecular weight is 303 g/mol. The van der Waals surface area contributed by atoms with Crippen molar-refractivity contribution in [2.45, 2.75) is 18.9 Å². The van der Waals surface area contributed by atoms with E-state index in [0.717, 1.165) is 32.5 Å². The summed E-state index contributed by atoms with van der Waals surface area (Å²) < 4.78 is 6.00. The van der Waals surface area contributed by atoms with Crippen molar-refractivity contribution < 1.29 is 4.74 Å². The van der Waals surface area contributed by atoms with E-state index < -0.39 is 0 Å². The van der Waals surface area contributed by atoms with Crippen LogP contribution in [0.3, 0.4) is 0 Å². The lowest BCUT2D eigenvalue weighted by Crippen LogP contribution is -2.40. The number of thioether (sulfide) groups is 1. The highest BCUT2D eigenvalue weighted by Gasteiger charge is 2.18. The third-order valence-electron chi connectivity index (χ3n) is 3.41.